The third-order valence-electron chi connectivity index (χ3n) is 7.19. The number of thiazole rings is 1. The Kier molecular flexibility index (Phi) is 8.23. The third kappa shape index (κ3) is 5.70. The molecule has 0 bridgehead atoms. The van der Waals surface area contributed by atoms with Gasteiger partial charge in [0, 0.05) is 17.1 Å². The van der Waals surface area contributed by atoms with Crippen LogP contribution in [0.15, 0.2) is 75.7 Å². The molecule has 9 nitrogen and oxygen atoms in total. The van der Waals surface area contributed by atoms with E-state index in [9.17, 15) is 19.5 Å². The van der Waals surface area contributed by atoms with E-state index in [0.717, 1.165) is 28.2 Å². The predicted molar refractivity (Wildman–Crippen MR) is 165 cm³/mol. The molecule has 5 rings (SSSR count). The topological polar surface area (TPSA) is 112 Å². The van der Waals surface area contributed by atoms with E-state index in [-0.39, 0.29) is 23.8 Å². The first kappa shape index (κ1) is 29.8. The minimum Gasteiger partial charge on any atom is -0.491 e. The summed E-state index contributed by atoms with van der Waals surface area (Å²) in [5.41, 5.74) is 4.74. The Morgan fingerprint density at radius 1 is 1.09 bits per heavy atom. The highest BCUT2D eigenvalue weighted by molar-refractivity contribution is 7.07. The number of nitrogens with zero attached hydrogens (tertiary/aromatic N) is 3. The van der Waals surface area contributed by atoms with Crippen LogP contribution in [0.4, 0.5) is 0 Å². The third-order valence-corrected chi connectivity index (χ3v) is 8.18. The number of aryl methyl sites for hydroxylation is 1. The van der Waals surface area contributed by atoms with E-state index < -0.39 is 18.0 Å². The summed E-state index contributed by atoms with van der Waals surface area (Å²) in [5, 5.41) is 9.46. The number of carbonyl (C=O) groups is 2. The molecular weight excluding hydrogens is 566 g/mol. The first-order valence-corrected chi connectivity index (χ1v) is 14.8. The van der Waals surface area contributed by atoms with Gasteiger partial charge in [-0.25, -0.2) is 14.6 Å². The number of fused-ring (bicyclic) bond motifs is 1. The van der Waals surface area contributed by atoms with Crippen molar-refractivity contribution in [3.8, 4) is 11.4 Å². The van der Waals surface area contributed by atoms with Crippen LogP contribution in [0.3, 0.4) is 0 Å². The lowest BCUT2D eigenvalue weighted by Crippen LogP contribution is -2.39. The first-order valence-electron chi connectivity index (χ1n) is 14.0. The monoisotopic (exact) mass is 599 g/mol. The number of hydrogen-bond donors (Lipinski definition) is 1. The molecule has 0 fully saturated rings. The van der Waals surface area contributed by atoms with Gasteiger partial charge in [-0.1, -0.05) is 29.5 Å². The average Bonchev–Trinajstić information content (AvgIpc) is 3.41. The van der Waals surface area contributed by atoms with Crippen molar-refractivity contribution in [2.75, 3.05) is 6.61 Å². The number of rotatable bonds is 8. The lowest BCUT2D eigenvalue weighted by Gasteiger charge is -2.25. The largest absolute Gasteiger partial charge is 0.491 e. The molecule has 43 heavy (non-hydrogen) atoms. The number of hydrogen-bond acceptors (Lipinski definition) is 7. The maximum Gasteiger partial charge on any atom is 0.338 e. The SMILES string of the molecule is CCOC(=O)C1=C(C)N=c2s/c(=C\c3cc(C)n(-c4cccc(C(=O)O)c4)c3C)c(=O)n2[C@@H]1c1ccc(OC(C)C)cc1. The molecule has 4 aromatic rings. The van der Waals surface area contributed by atoms with Crippen LogP contribution in [0.2, 0.25) is 0 Å². The number of carboxylic acids is 1. The number of benzene rings is 2. The van der Waals surface area contributed by atoms with Gasteiger partial charge >= 0.3 is 11.9 Å². The minimum atomic E-state index is -1.00. The molecule has 10 heteroatoms. The van der Waals surface area contributed by atoms with Crippen molar-refractivity contribution in [3.63, 3.8) is 0 Å². The lowest BCUT2D eigenvalue weighted by atomic mass is 9.96. The van der Waals surface area contributed by atoms with Crippen LogP contribution >= 0.6 is 11.3 Å². The van der Waals surface area contributed by atoms with Gasteiger partial charge in [-0.2, -0.15) is 0 Å². The summed E-state index contributed by atoms with van der Waals surface area (Å²) in [6, 6.07) is 15.3. The maximum absolute atomic E-state index is 14.1. The molecule has 0 amide bonds. The zero-order valence-electron chi connectivity index (χ0n) is 24.9. The molecule has 2 aromatic carbocycles. The van der Waals surface area contributed by atoms with E-state index in [4.69, 9.17) is 9.47 Å². The van der Waals surface area contributed by atoms with E-state index in [0.29, 0.717) is 26.4 Å². The summed E-state index contributed by atoms with van der Waals surface area (Å²) in [7, 11) is 0. The molecule has 0 unspecified atom stereocenters. The fourth-order valence-electron chi connectivity index (χ4n) is 5.36. The Morgan fingerprint density at radius 2 is 1.81 bits per heavy atom. The van der Waals surface area contributed by atoms with E-state index >= 15 is 0 Å². The second-order valence-corrected chi connectivity index (χ2v) is 11.6. The minimum absolute atomic E-state index is 0.00354. The molecule has 0 saturated heterocycles. The van der Waals surface area contributed by atoms with E-state index in [2.05, 4.69) is 4.99 Å². The van der Waals surface area contributed by atoms with Gasteiger partial charge in [0.1, 0.15) is 5.75 Å². The van der Waals surface area contributed by atoms with Gasteiger partial charge in [-0.05, 0) is 95.1 Å². The summed E-state index contributed by atoms with van der Waals surface area (Å²) < 4.78 is 15.2. The lowest BCUT2D eigenvalue weighted by molar-refractivity contribution is -0.139. The van der Waals surface area contributed by atoms with E-state index in [1.807, 2.05) is 74.7 Å². The molecule has 0 aliphatic carbocycles. The predicted octanol–water partition coefficient (Wildman–Crippen LogP) is 4.69. The molecule has 0 spiro atoms. The number of allylic oxidation sites excluding steroid dienone is 1. The van der Waals surface area contributed by atoms with Crippen molar-refractivity contribution in [1.82, 2.24) is 9.13 Å². The van der Waals surface area contributed by atoms with Crippen LogP contribution in [0, 0.1) is 13.8 Å². The molecule has 1 atom stereocenters. The molecule has 0 radical (unpaired) electrons. The Balaban J connectivity index is 1.65. The summed E-state index contributed by atoms with van der Waals surface area (Å²) >= 11 is 1.25. The second kappa shape index (κ2) is 11.9. The van der Waals surface area contributed by atoms with Gasteiger partial charge in [-0.15, -0.1) is 0 Å². The molecule has 3 heterocycles. The number of carboxylic acid groups (broad SMARTS) is 1. The van der Waals surface area contributed by atoms with Crippen molar-refractivity contribution in [2.45, 2.75) is 53.7 Å². The zero-order valence-corrected chi connectivity index (χ0v) is 25.7. The Labute approximate surface area is 252 Å². The average molecular weight is 600 g/mol. The number of carbonyl (C=O) groups excluding carboxylic acids is 1. The second-order valence-electron chi connectivity index (χ2n) is 10.6. The number of esters is 1. The molecule has 1 N–H and O–H groups in total. The Hall–Kier alpha value is -4.70. The van der Waals surface area contributed by atoms with E-state index in [1.54, 1.807) is 36.6 Å². The van der Waals surface area contributed by atoms with Crippen LogP contribution in [0.25, 0.3) is 11.8 Å². The van der Waals surface area contributed by atoms with Crippen LogP contribution < -0.4 is 19.6 Å². The van der Waals surface area contributed by atoms with Gasteiger partial charge in [0.25, 0.3) is 5.56 Å². The fraction of sp³-hybridized carbons (Fsp3) is 0.273. The van der Waals surface area contributed by atoms with Crippen molar-refractivity contribution in [1.29, 1.82) is 0 Å². The summed E-state index contributed by atoms with van der Waals surface area (Å²) in [6.07, 6.45) is 1.83. The fourth-order valence-corrected chi connectivity index (χ4v) is 6.40. The quantitative estimate of drug-likeness (QED) is 0.294. The van der Waals surface area contributed by atoms with Crippen LogP contribution in [-0.4, -0.2) is 38.9 Å². The molecular formula is C33H33N3O6S. The summed E-state index contributed by atoms with van der Waals surface area (Å²) in [4.78, 5) is 43.9. The van der Waals surface area contributed by atoms with Crippen molar-refractivity contribution < 1.29 is 24.2 Å². The highest BCUT2D eigenvalue weighted by Gasteiger charge is 2.33. The highest BCUT2D eigenvalue weighted by atomic mass is 32.1. The standard InChI is InChI=1S/C33H33N3O6S/c1-7-41-32(40)28-20(5)34-33-36(29(28)22-11-13-26(14-12-22)42-18(2)3)30(37)27(43-33)17-24-15-19(4)35(21(24)6)25-10-8-9-23(16-25)31(38)39/h8-18,29H,7H2,1-6H3,(H,38,39)/b27-17-/t29-/m1/s1. The molecule has 1 aliphatic rings. The van der Waals surface area contributed by atoms with Crippen molar-refractivity contribution in [3.05, 3.63) is 114 Å². The van der Waals surface area contributed by atoms with Gasteiger partial charge in [-0.3, -0.25) is 9.36 Å². The number of aromatic nitrogens is 2. The number of aromatic carboxylic acids is 1. The van der Waals surface area contributed by atoms with Gasteiger partial charge in [0.2, 0.25) is 0 Å². The van der Waals surface area contributed by atoms with Gasteiger partial charge in [0.05, 0.1) is 40.1 Å². The molecule has 222 valence electrons. The van der Waals surface area contributed by atoms with Gasteiger partial charge < -0.3 is 19.1 Å². The van der Waals surface area contributed by atoms with Crippen molar-refractivity contribution >= 4 is 29.4 Å². The van der Waals surface area contributed by atoms with Gasteiger partial charge in [0.15, 0.2) is 4.80 Å². The van der Waals surface area contributed by atoms with E-state index in [1.165, 1.54) is 11.3 Å². The maximum atomic E-state index is 14.1. The smallest absolute Gasteiger partial charge is 0.338 e. The summed E-state index contributed by atoms with van der Waals surface area (Å²) in [5.74, 6) is -0.828. The van der Waals surface area contributed by atoms with Crippen LogP contribution in [-0.2, 0) is 9.53 Å². The van der Waals surface area contributed by atoms with Crippen molar-refractivity contribution in [2.24, 2.45) is 4.99 Å². The van der Waals surface area contributed by atoms with Crippen LogP contribution in [0.1, 0.15) is 66.6 Å². The first-order chi connectivity index (χ1) is 20.5. The molecule has 0 saturated carbocycles. The highest BCUT2D eigenvalue weighted by Crippen LogP contribution is 2.32. The molecule has 1 aliphatic heterocycles. The Morgan fingerprint density at radius 3 is 2.47 bits per heavy atom. The summed E-state index contributed by atoms with van der Waals surface area (Å²) in [6.45, 7) is 11.4. The zero-order chi connectivity index (χ0) is 31.0. The number of ether oxygens (including phenoxy) is 2. The normalized spacial score (nSPS) is 15.0. The Bertz CT molecular complexity index is 1940. The molecule has 2 aromatic heterocycles. The van der Waals surface area contributed by atoms with Crippen LogP contribution in [0.5, 0.6) is 5.75 Å².